The lowest BCUT2D eigenvalue weighted by atomic mass is 9.99. The lowest BCUT2D eigenvalue weighted by molar-refractivity contribution is -0.276. The molecule has 0 aliphatic carbocycles. The molecule has 14 heteroatoms. The molecule has 53 heavy (non-hydrogen) atoms. The average molecular weight is 725 g/mol. The second-order valence-corrected chi connectivity index (χ2v) is 11.9. The quantitative estimate of drug-likeness (QED) is 0.0894. The van der Waals surface area contributed by atoms with Crippen molar-refractivity contribution in [1.29, 1.82) is 0 Å². The molecule has 1 fully saturated rings. The van der Waals surface area contributed by atoms with Crippen LogP contribution in [0.2, 0.25) is 0 Å². The van der Waals surface area contributed by atoms with E-state index in [0.717, 1.165) is 24.3 Å². The third-order valence-corrected chi connectivity index (χ3v) is 8.15. The van der Waals surface area contributed by atoms with Gasteiger partial charge < -0.3 is 54.0 Å². The number of carbonyl (C=O) groups excluding carboxylic acids is 2. The molecule has 6 N–H and O–H groups in total. The number of fused-ring (bicyclic) bond motifs is 1. The number of phenols is 5. The predicted octanol–water partition coefficient (Wildman–Crippen LogP) is 4.72. The Hall–Kier alpha value is -6.77. The summed E-state index contributed by atoms with van der Waals surface area (Å²) in [5, 5.41) is 60.6. The Morgan fingerprint density at radius 3 is 1.75 bits per heavy atom. The summed E-state index contributed by atoms with van der Waals surface area (Å²) in [6.07, 6.45) is -3.00. The van der Waals surface area contributed by atoms with Crippen LogP contribution in [0.5, 0.6) is 34.5 Å². The molecule has 5 aromatic rings. The van der Waals surface area contributed by atoms with Crippen LogP contribution in [0.25, 0.3) is 34.4 Å². The van der Waals surface area contributed by atoms with Gasteiger partial charge in [0.15, 0.2) is 11.9 Å². The summed E-state index contributed by atoms with van der Waals surface area (Å²) in [6, 6.07) is 19.2. The van der Waals surface area contributed by atoms with E-state index < -0.39 is 65.3 Å². The Balaban J connectivity index is 1.40. The number of hydrogen-bond donors (Lipinski definition) is 6. The Labute approximate surface area is 300 Å². The largest absolute Gasteiger partial charge is 0.508 e. The monoisotopic (exact) mass is 724 g/mol. The second-order valence-electron chi connectivity index (χ2n) is 11.9. The Kier molecular flexibility index (Phi) is 10.4. The zero-order valence-corrected chi connectivity index (χ0v) is 27.7. The molecule has 1 saturated heterocycles. The van der Waals surface area contributed by atoms with E-state index in [1.165, 1.54) is 79.7 Å². The van der Waals surface area contributed by atoms with Crippen LogP contribution in [-0.4, -0.2) is 73.3 Å². The SMILES string of the molecule is C[C@@H]1O[C@@H](Oc2c(-c3ccc(O)cc3)oc3cc(O)cc(O)c3c2=O)[C@H](OC(=O)/C=C/c2ccc(O)cc2)[C@H](OC(=O)C=Cc2ccc(O)cc2)[C@H]1O. The second kappa shape index (κ2) is 15.2. The molecule has 1 aliphatic rings. The molecule has 0 bridgehead atoms. The molecule has 6 rings (SSSR count). The predicted molar refractivity (Wildman–Crippen MR) is 188 cm³/mol. The molecule has 2 heterocycles. The Bertz CT molecular complexity index is 2240. The topological polar surface area (TPSA) is 223 Å². The van der Waals surface area contributed by atoms with Crippen LogP contribution in [-0.2, 0) is 23.8 Å². The van der Waals surface area contributed by atoms with Gasteiger partial charge in [0.05, 0.1) is 6.10 Å². The molecular formula is C39H32O14. The zero-order chi connectivity index (χ0) is 37.8. The first-order valence-electron chi connectivity index (χ1n) is 16.0. The molecule has 0 amide bonds. The van der Waals surface area contributed by atoms with Gasteiger partial charge in [-0.3, -0.25) is 4.79 Å². The fraction of sp³-hybridized carbons (Fsp3) is 0.154. The number of benzene rings is 4. The van der Waals surface area contributed by atoms with Gasteiger partial charge in [-0.1, -0.05) is 24.3 Å². The van der Waals surface area contributed by atoms with Crippen LogP contribution in [0.4, 0.5) is 0 Å². The van der Waals surface area contributed by atoms with Crippen LogP contribution in [0, 0.1) is 0 Å². The first kappa shape index (κ1) is 36.0. The number of ether oxygens (including phenoxy) is 4. The van der Waals surface area contributed by atoms with Crippen molar-refractivity contribution < 1.29 is 63.6 Å². The van der Waals surface area contributed by atoms with Crippen molar-refractivity contribution in [3.05, 3.63) is 118 Å². The van der Waals surface area contributed by atoms with Crippen LogP contribution in [0.3, 0.4) is 0 Å². The van der Waals surface area contributed by atoms with E-state index in [4.69, 9.17) is 23.4 Å². The third-order valence-electron chi connectivity index (χ3n) is 8.15. The van der Waals surface area contributed by atoms with Gasteiger partial charge >= 0.3 is 11.9 Å². The molecule has 272 valence electrons. The van der Waals surface area contributed by atoms with Crippen molar-refractivity contribution in [2.24, 2.45) is 0 Å². The fourth-order valence-corrected chi connectivity index (χ4v) is 5.48. The summed E-state index contributed by atoms with van der Waals surface area (Å²) in [6.45, 7) is 1.43. The first-order chi connectivity index (χ1) is 25.4. The molecular weight excluding hydrogens is 692 g/mol. The zero-order valence-electron chi connectivity index (χ0n) is 27.7. The summed E-state index contributed by atoms with van der Waals surface area (Å²) >= 11 is 0. The van der Waals surface area contributed by atoms with E-state index in [2.05, 4.69) is 0 Å². The maximum Gasteiger partial charge on any atom is 0.331 e. The number of aromatic hydroxyl groups is 5. The Morgan fingerprint density at radius 2 is 1.21 bits per heavy atom. The highest BCUT2D eigenvalue weighted by molar-refractivity contribution is 5.89. The highest BCUT2D eigenvalue weighted by atomic mass is 16.7. The summed E-state index contributed by atoms with van der Waals surface area (Å²) in [5.41, 5.74) is 0.103. The van der Waals surface area contributed by atoms with Crippen LogP contribution in [0.1, 0.15) is 18.1 Å². The number of carbonyl (C=O) groups is 2. The van der Waals surface area contributed by atoms with Gasteiger partial charge in [-0.15, -0.1) is 0 Å². The molecule has 5 atom stereocenters. The number of hydrogen-bond acceptors (Lipinski definition) is 14. The van der Waals surface area contributed by atoms with Crippen molar-refractivity contribution >= 4 is 35.1 Å². The summed E-state index contributed by atoms with van der Waals surface area (Å²) in [4.78, 5) is 40.4. The minimum Gasteiger partial charge on any atom is -0.508 e. The molecule has 14 nitrogen and oxygen atoms in total. The molecule has 0 saturated carbocycles. The number of aliphatic hydroxyl groups is 1. The van der Waals surface area contributed by atoms with Crippen LogP contribution < -0.4 is 10.2 Å². The molecule has 0 spiro atoms. The maximum absolute atomic E-state index is 14.0. The third kappa shape index (κ3) is 8.25. The van der Waals surface area contributed by atoms with Crippen molar-refractivity contribution in [3.8, 4) is 45.8 Å². The van der Waals surface area contributed by atoms with Gasteiger partial charge in [0, 0.05) is 29.8 Å². The van der Waals surface area contributed by atoms with E-state index in [9.17, 15) is 45.0 Å². The van der Waals surface area contributed by atoms with E-state index in [-0.39, 0.29) is 39.5 Å². The minimum atomic E-state index is -1.76. The lowest BCUT2D eigenvalue weighted by Gasteiger charge is -2.41. The van der Waals surface area contributed by atoms with E-state index in [1.807, 2.05) is 0 Å². The fourth-order valence-electron chi connectivity index (χ4n) is 5.48. The normalized spacial score (nSPS) is 20.1. The van der Waals surface area contributed by atoms with Gasteiger partial charge in [-0.05, 0) is 78.7 Å². The first-order valence-corrected chi connectivity index (χ1v) is 16.0. The number of esters is 2. The van der Waals surface area contributed by atoms with Crippen LogP contribution >= 0.6 is 0 Å². The highest BCUT2D eigenvalue weighted by Crippen LogP contribution is 2.38. The summed E-state index contributed by atoms with van der Waals surface area (Å²) in [5.74, 6) is -3.89. The maximum atomic E-state index is 14.0. The van der Waals surface area contributed by atoms with Gasteiger partial charge in [0.1, 0.15) is 45.8 Å². The smallest absolute Gasteiger partial charge is 0.331 e. The van der Waals surface area contributed by atoms with Crippen molar-refractivity contribution in [2.45, 2.75) is 37.6 Å². The highest BCUT2D eigenvalue weighted by Gasteiger charge is 2.50. The van der Waals surface area contributed by atoms with E-state index in [1.54, 1.807) is 12.1 Å². The number of rotatable bonds is 9. The van der Waals surface area contributed by atoms with Gasteiger partial charge in [0.25, 0.3) is 0 Å². The number of phenolic OH excluding ortho intramolecular Hbond substituents is 5. The molecule has 0 unspecified atom stereocenters. The van der Waals surface area contributed by atoms with Crippen molar-refractivity contribution in [1.82, 2.24) is 0 Å². The minimum absolute atomic E-state index is 0.00579. The molecule has 4 aromatic carbocycles. The summed E-state index contributed by atoms with van der Waals surface area (Å²) < 4.78 is 29.3. The van der Waals surface area contributed by atoms with Crippen molar-refractivity contribution in [3.63, 3.8) is 0 Å². The van der Waals surface area contributed by atoms with Gasteiger partial charge in [-0.2, -0.15) is 0 Å². The lowest BCUT2D eigenvalue weighted by Crippen LogP contribution is -2.61. The van der Waals surface area contributed by atoms with Gasteiger partial charge in [0.2, 0.25) is 23.6 Å². The standard InChI is InChI=1S/C39H32O14/c1-20-33(47)36(51-30(45)16-6-21-2-10-24(40)11-3-21)38(52-31(46)17-7-22-4-12-25(41)13-5-22)39(49-20)53-37-34(48)32-28(44)18-27(43)19-29(32)50-35(37)23-8-14-26(42)15-9-23/h2-20,33,36,38-44,47H,1H3/b16-6?,17-7+/t20-,33-,36+,38+,39-/m0/s1. The van der Waals surface area contributed by atoms with Crippen LogP contribution in [0.15, 0.2) is 106 Å². The van der Waals surface area contributed by atoms with Crippen molar-refractivity contribution in [2.75, 3.05) is 0 Å². The van der Waals surface area contributed by atoms with Gasteiger partial charge in [-0.25, -0.2) is 9.59 Å². The summed E-state index contributed by atoms with van der Waals surface area (Å²) in [7, 11) is 0. The van der Waals surface area contributed by atoms with E-state index in [0.29, 0.717) is 11.1 Å². The Morgan fingerprint density at radius 1 is 0.698 bits per heavy atom. The van der Waals surface area contributed by atoms with E-state index >= 15 is 0 Å². The average Bonchev–Trinajstić information content (AvgIpc) is 3.12. The molecule has 1 aliphatic heterocycles. The molecule has 0 radical (unpaired) electrons. The molecule has 1 aromatic heterocycles. The number of aliphatic hydroxyl groups excluding tert-OH is 1.